The molecule has 0 radical (unpaired) electrons. The molecule has 2 heterocycles. The van der Waals surface area contributed by atoms with Gasteiger partial charge in [0, 0.05) is 18.0 Å². The maximum Gasteiger partial charge on any atom is 0.349 e. The molecule has 1 fully saturated rings. The van der Waals surface area contributed by atoms with Crippen LogP contribution in [0.2, 0.25) is 0 Å². The van der Waals surface area contributed by atoms with E-state index >= 15 is 0 Å². The van der Waals surface area contributed by atoms with Gasteiger partial charge in [0.1, 0.15) is 11.1 Å². The van der Waals surface area contributed by atoms with Crippen molar-refractivity contribution in [1.29, 1.82) is 0 Å². The van der Waals surface area contributed by atoms with E-state index in [4.69, 9.17) is 4.42 Å². The van der Waals surface area contributed by atoms with Crippen molar-refractivity contribution in [1.82, 2.24) is 4.90 Å². The predicted molar refractivity (Wildman–Crippen MR) is 76.8 cm³/mol. The Bertz CT molecular complexity index is 704. The van der Waals surface area contributed by atoms with E-state index in [0.29, 0.717) is 12.1 Å². The van der Waals surface area contributed by atoms with Crippen molar-refractivity contribution in [2.24, 2.45) is 0 Å². The Hall–Kier alpha value is -2.10. The van der Waals surface area contributed by atoms with Crippen LogP contribution in [0.5, 0.6) is 0 Å². The standard InChI is InChI=1S/C16H17NO3/c1-11-6-4-5-9-17(11)15(18)13-10-12-7-2-3-8-14(12)20-16(13)19/h2-3,7-8,10-11H,4-6,9H2,1H3/t11-/m1/s1. The fraction of sp³-hybridized carbons (Fsp3) is 0.375. The molecule has 1 aromatic carbocycles. The van der Waals surface area contributed by atoms with Gasteiger partial charge in [-0.3, -0.25) is 4.79 Å². The number of para-hydroxylation sites is 1. The SMILES string of the molecule is C[C@@H]1CCCCN1C(=O)c1cc2ccccc2oc1=O. The molecule has 104 valence electrons. The average Bonchev–Trinajstić information content (AvgIpc) is 2.46. The molecule has 2 aromatic rings. The van der Waals surface area contributed by atoms with Crippen LogP contribution in [-0.2, 0) is 0 Å². The molecule has 0 N–H and O–H groups in total. The maximum atomic E-state index is 12.5. The zero-order valence-corrected chi connectivity index (χ0v) is 11.5. The molecule has 1 saturated heterocycles. The number of benzene rings is 1. The molecule has 20 heavy (non-hydrogen) atoms. The highest BCUT2D eigenvalue weighted by molar-refractivity contribution is 5.96. The normalized spacial score (nSPS) is 19.2. The number of carbonyl (C=O) groups is 1. The molecule has 4 heteroatoms. The Morgan fingerprint density at radius 3 is 2.90 bits per heavy atom. The first-order valence-electron chi connectivity index (χ1n) is 7.00. The molecule has 1 amide bonds. The summed E-state index contributed by atoms with van der Waals surface area (Å²) < 4.78 is 5.24. The topological polar surface area (TPSA) is 50.5 Å². The van der Waals surface area contributed by atoms with Crippen molar-refractivity contribution in [3.63, 3.8) is 0 Å². The van der Waals surface area contributed by atoms with Crippen molar-refractivity contribution >= 4 is 16.9 Å². The van der Waals surface area contributed by atoms with E-state index in [1.807, 2.05) is 19.1 Å². The second kappa shape index (κ2) is 5.12. The second-order valence-electron chi connectivity index (χ2n) is 5.33. The number of likely N-dealkylation sites (tertiary alicyclic amines) is 1. The van der Waals surface area contributed by atoms with Gasteiger partial charge < -0.3 is 9.32 Å². The monoisotopic (exact) mass is 271 g/mol. The minimum absolute atomic E-state index is 0.137. The Morgan fingerprint density at radius 1 is 1.30 bits per heavy atom. The number of carbonyl (C=O) groups excluding carboxylic acids is 1. The molecule has 1 aromatic heterocycles. The van der Waals surface area contributed by atoms with Crippen LogP contribution in [0.1, 0.15) is 36.5 Å². The number of rotatable bonds is 1. The van der Waals surface area contributed by atoms with E-state index in [1.54, 1.807) is 23.1 Å². The number of nitrogens with zero attached hydrogens (tertiary/aromatic N) is 1. The first-order valence-corrected chi connectivity index (χ1v) is 7.00. The lowest BCUT2D eigenvalue weighted by atomic mass is 10.0. The van der Waals surface area contributed by atoms with Gasteiger partial charge in [-0.15, -0.1) is 0 Å². The lowest BCUT2D eigenvalue weighted by molar-refractivity contribution is 0.0631. The molecule has 0 saturated carbocycles. The fourth-order valence-electron chi connectivity index (χ4n) is 2.77. The van der Waals surface area contributed by atoms with Crippen LogP contribution in [-0.4, -0.2) is 23.4 Å². The molecule has 0 aliphatic carbocycles. The van der Waals surface area contributed by atoms with E-state index in [9.17, 15) is 9.59 Å². The first kappa shape index (κ1) is 12.9. The highest BCUT2D eigenvalue weighted by Gasteiger charge is 2.26. The van der Waals surface area contributed by atoms with Crippen molar-refractivity contribution in [2.75, 3.05) is 6.54 Å². The average molecular weight is 271 g/mol. The van der Waals surface area contributed by atoms with Gasteiger partial charge in [-0.1, -0.05) is 18.2 Å². The lowest BCUT2D eigenvalue weighted by Gasteiger charge is -2.33. The van der Waals surface area contributed by atoms with Gasteiger partial charge in [0.25, 0.3) is 5.91 Å². The van der Waals surface area contributed by atoms with Gasteiger partial charge in [-0.2, -0.15) is 0 Å². The lowest BCUT2D eigenvalue weighted by Crippen LogP contribution is -2.43. The molecule has 3 rings (SSSR count). The van der Waals surface area contributed by atoms with Gasteiger partial charge in [-0.05, 0) is 38.3 Å². The summed E-state index contributed by atoms with van der Waals surface area (Å²) in [5.74, 6) is -0.211. The number of piperidine rings is 1. The third-order valence-electron chi connectivity index (χ3n) is 3.94. The Balaban J connectivity index is 2.02. The number of hydrogen-bond donors (Lipinski definition) is 0. The van der Waals surface area contributed by atoms with E-state index in [-0.39, 0.29) is 17.5 Å². The Labute approximate surface area is 117 Å². The number of hydrogen-bond acceptors (Lipinski definition) is 3. The minimum Gasteiger partial charge on any atom is -0.422 e. The number of amides is 1. The Kier molecular flexibility index (Phi) is 3.30. The van der Waals surface area contributed by atoms with Crippen molar-refractivity contribution in [3.05, 3.63) is 46.3 Å². The summed E-state index contributed by atoms with van der Waals surface area (Å²) in [6.45, 7) is 2.74. The van der Waals surface area contributed by atoms with Crippen LogP contribution in [0.25, 0.3) is 11.0 Å². The van der Waals surface area contributed by atoms with Crippen molar-refractivity contribution in [2.45, 2.75) is 32.2 Å². The third-order valence-corrected chi connectivity index (χ3v) is 3.94. The van der Waals surface area contributed by atoms with Crippen LogP contribution in [0.4, 0.5) is 0 Å². The smallest absolute Gasteiger partial charge is 0.349 e. The summed E-state index contributed by atoms with van der Waals surface area (Å²) >= 11 is 0. The van der Waals surface area contributed by atoms with Crippen molar-refractivity contribution < 1.29 is 9.21 Å². The van der Waals surface area contributed by atoms with Crippen LogP contribution >= 0.6 is 0 Å². The van der Waals surface area contributed by atoms with Gasteiger partial charge in [0.2, 0.25) is 0 Å². The highest BCUT2D eigenvalue weighted by Crippen LogP contribution is 2.20. The summed E-state index contributed by atoms with van der Waals surface area (Å²) in [6.07, 6.45) is 3.12. The largest absolute Gasteiger partial charge is 0.422 e. The Morgan fingerprint density at radius 2 is 2.10 bits per heavy atom. The van der Waals surface area contributed by atoms with Gasteiger partial charge in [0.05, 0.1) is 0 Å². The minimum atomic E-state index is -0.550. The molecule has 4 nitrogen and oxygen atoms in total. The van der Waals surface area contributed by atoms with E-state index in [0.717, 1.165) is 24.6 Å². The molecule has 0 unspecified atom stereocenters. The number of fused-ring (bicyclic) bond motifs is 1. The quantitative estimate of drug-likeness (QED) is 0.749. The summed E-state index contributed by atoms with van der Waals surface area (Å²) in [4.78, 5) is 26.3. The first-order chi connectivity index (χ1) is 9.66. The zero-order valence-electron chi connectivity index (χ0n) is 11.5. The van der Waals surface area contributed by atoms with E-state index < -0.39 is 5.63 Å². The second-order valence-corrected chi connectivity index (χ2v) is 5.33. The third kappa shape index (κ3) is 2.22. The molecule has 1 atom stereocenters. The molecule has 1 aliphatic heterocycles. The summed E-state index contributed by atoms with van der Waals surface area (Å²) in [5, 5.41) is 0.778. The van der Waals surface area contributed by atoms with Crippen LogP contribution in [0.3, 0.4) is 0 Å². The van der Waals surface area contributed by atoms with Gasteiger partial charge in [-0.25, -0.2) is 4.79 Å². The summed E-state index contributed by atoms with van der Waals surface area (Å²) in [5.41, 5.74) is 0.102. The molecule has 0 spiro atoms. The van der Waals surface area contributed by atoms with Crippen LogP contribution in [0, 0.1) is 0 Å². The predicted octanol–water partition coefficient (Wildman–Crippen LogP) is 2.81. The molecular formula is C16H17NO3. The fourth-order valence-corrected chi connectivity index (χ4v) is 2.77. The molecular weight excluding hydrogens is 254 g/mol. The highest BCUT2D eigenvalue weighted by atomic mass is 16.4. The summed E-state index contributed by atoms with van der Waals surface area (Å²) in [6, 6.07) is 9.07. The van der Waals surface area contributed by atoms with Crippen LogP contribution in [0.15, 0.2) is 39.5 Å². The van der Waals surface area contributed by atoms with E-state index in [2.05, 4.69) is 0 Å². The van der Waals surface area contributed by atoms with Crippen molar-refractivity contribution in [3.8, 4) is 0 Å². The van der Waals surface area contributed by atoms with Gasteiger partial charge in [0.15, 0.2) is 0 Å². The maximum absolute atomic E-state index is 12.5. The summed E-state index contributed by atoms with van der Waals surface area (Å²) in [7, 11) is 0. The van der Waals surface area contributed by atoms with E-state index in [1.165, 1.54) is 0 Å². The molecule has 0 bridgehead atoms. The van der Waals surface area contributed by atoms with Gasteiger partial charge >= 0.3 is 5.63 Å². The zero-order chi connectivity index (χ0) is 14.1. The molecule has 1 aliphatic rings. The van der Waals surface area contributed by atoms with Crippen LogP contribution < -0.4 is 5.63 Å².